The van der Waals surface area contributed by atoms with Gasteiger partial charge < -0.3 is 10.1 Å². The normalized spacial score (nSPS) is 12.3. The summed E-state index contributed by atoms with van der Waals surface area (Å²) in [4.78, 5) is 12.3. The van der Waals surface area contributed by atoms with E-state index in [1.165, 1.54) is 43.5 Å². The Labute approximate surface area is 159 Å². The van der Waals surface area contributed by atoms with Crippen molar-refractivity contribution in [2.45, 2.75) is 31.2 Å². The molecule has 0 unspecified atom stereocenters. The third kappa shape index (κ3) is 5.19. The number of rotatable bonds is 8. The highest BCUT2D eigenvalue weighted by Crippen LogP contribution is 2.25. The molecule has 27 heavy (non-hydrogen) atoms. The molecule has 0 bridgehead atoms. The van der Waals surface area contributed by atoms with Crippen LogP contribution < -0.4 is 14.4 Å². The summed E-state index contributed by atoms with van der Waals surface area (Å²) in [6.07, 6.45) is 0.716. The molecule has 0 aliphatic heterocycles. The molecule has 0 spiro atoms. The quantitative estimate of drug-likeness (QED) is 0.747. The number of ether oxygens (including phenoxy) is 1. The number of hydrogen-bond donors (Lipinski definition) is 1. The maximum atomic E-state index is 13.3. The average Bonchev–Trinajstić information content (AvgIpc) is 2.66. The standard InChI is InChI=1S/C19H23FN2O4S/c1-4-14(2)21-19(23)13-22(16-7-5-15(20)6-8-16)27(24,25)18-11-9-17(26-3)10-12-18/h5-12,14H,4,13H2,1-3H3,(H,21,23)/t14-/m0/s1. The molecule has 1 N–H and O–H groups in total. The highest BCUT2D eigenvalue weighted by Gasteiger charge is 2.27. The zero-order valence-electron chi connectivity index (χ0n) is 15.5. The van der Waals surface area contributed by atoms with Crippen LogP contribution in [0.4, 0.5) is 10.1 Å². The second kappa shape index (κ2) is 8.85. The summed E-state index contributed by atoms with van der Waals surface area (Å²) in [5, 5.41) is 2.74. The van der Waals surface area contributed by atoms with Gasteiger partial charge >= 0.3 is 0 Å². The van der Waals surface area contributed by atoms with Crippen molar-refractivity contribution in [3.8, 4) is 5.75 Å². The number of hydrogen-bond acceptors (Lipinski definition) is 4. The summed E-state index contributed by atoms with van der Waals surface area (Å²) in [5.41, 5.74) is 0.200. The minimum atomic E-state index is -4.04. The number of nitrogens with one attached hydrogen (secondary N) is 1. The molecule has 0 saturated heterocycles. The number of carbonyl (C=O) groups excluding carboxylic acids is 1. The second-order valence-corrected chi connectivity index (χ2v) is 7.90. The maximum Gasteiger partial charge on any atom is 0.264 e. The van der Waals surface area contributed by atoms with Gasteiger partial charge in [0.15, 0.2) is 0 Å². The number of amides is 1. The number of halogens is 1. The Morgan fingerprint density at radius 1 is 1.15 bits per heavy atom. The molecule has 0 radical (unpaired) electrons. The molecular weight excluding hydrogens is 371 g/mol. The van der Waals surface area contributed by atoms with Crippen LogP contribution in [0.15, 0.2) is 53.4 Å². The average molecular weight is 394 g/mol. The van der Waals surface area contributed by atoms with Crippen LogP contribution in [0.25, 0.3) is 0 Å². The molecule has 0 aliphatic rings. The lowest BCUT2D eigenvalue weighted by Crippen LogP contribution is -2.43. The van der Waals surface area contributed by atoms with Crippen LogP contribution >= 0.6 is 0 Å². The van der Waals surface area contributed by atoms with Gasteiger partial charge in [0.1, 0.15) is 18.1 Å². The first-order valence-corrected chi connectivity index (χ1v) is 9.93. The predicted molar refractivity (Wildman–Crippen MR) is 102 cm³/mol. The van der Waals surface area contributed by atoms with Crippen molar-refractivity contribution in [1.29, 1.82) is 0 Å². The Bertz CT molecular complexity index is 868. The minimum absolute atomic E-state index is 0.00367. The first-order valence-electron chi connectivity index (χ1n) is 8.49. The van der Waals surface area contributed by atoms with E-state index in [-0.39, 0.29) is 16.6 Å². The van der Waals surface area contributed by atoms with Crippen LogP contribution in [-0.4, -0.2) is 34.0 Å². The molecule has 146 valence electrons. The van der Waals surface area contributed by atoms with Crippen LogP contribution in [0.2, 0.25) is 0 Å². The van der Waals surface area contributed by atoms with Crippen molar-refractivity contribution in [3.63, 3.8) is 0 Å². The van der Waals surface area contributed by atoms with Crippen molar-refractivity contribution in [1.82, 2.24) is 5.32 Å². The molecule has 6 nitrogen and oxygen atoms in total. The maximum absolute atomic E-state index is 13.3. The molecule has 0 heterocycles. The third-order valence-corrected chi connectivity index (χ3v) is 5.86. The molecule has 0 saturated carbocycles. The van der Waals surface area contributed by atoms with Gasteiger partial charge in [0.25, 0.3) is 10.0 Å². The van der Waals surface area contributed by atoms with E-state index in [0.29, 0.717) is 12.2 Å². The Balaban J connectivity index is 2.40. The molecule has 0 aliphatic carbocycles. The van der Waals surface area contributed by atoms with Gasteiger partial charge in [-0.2, -0.15) is 0 Å². The van der Waals surface area contributed by atoms with Crippen LogP contribution in [0.3, 0.4) is 0 Å². The fourth-order valence-electron chi connectivity index (χ4n) is 2.35. The van der Waals surface area contributed by atoms with Crippen molar-refractivity contribution < 1.29 is 22.3 Å². The van der Waals surface area contributed by atoms with E-state index < -0.39 is 28.3 Å². The van der Waals surface area contributed by atoms with Gasteiger partial charge in [0, 0.05) is 6.04 Å². The number of methoxy groups -OCH3 is 1. The van der Waals surface area contributed by atoms with Crippen molar-refractivity contribution in [2.75, 3.05) is 18.0 Å². The number of benzene rings is 2. The van der Waals surface area contributed by atoms with Gasteiger partial charge in [-0.05, 0) is 61.9 Å². The largest absolute Gasteiger partial charge is 0.497 e. The topological polar surface area (TPSA) is 75.7 Å². The van der Waals surface area contributed by atoms with E-state index in [9.17, 15) is 17.6 Å². The monoisotopic (exact) mass is 394 g/mol. The van der Waals surface area contributed by atoms with Crippen LogP contribution in [-0.2, 0) is 14.8 Å². The number of nitrogens with zero attached hydrogens (tertiary/aromatic N) is 1. The van der Waals surface area contributed by atoms with Gasteiger partial charge in [-0.15, -0.1) is 0 Å². The second-order valence-electron chi connectivity index (χ2n) is 6.04. The Kier molecular flexibility index (Phi) is 6.79. The van der Waals surface area contributed by atoms with Gasteiger partial charge in [-0.25, -0.2) is 12.8 Å². The lowest BCUT2D eigenvalue weighted by Gasteiger charge is -2.25. The summed E-state index contributed by atoms with van der Waals surface area (Å²) >= 11 is 0. The molecule has 8 heteroatoms. The lowest BCUT2D eigenvalue weighted by atomic mass is 10.2. The molecule has 1 amide bonds. The first-order chi connectivity index (χ1) is 12.8. The van der Waals surface area contributed by atoms with E-state index in [4.69, 9.17) is 4.74 Å². The molecule has 2 aromatic carbocycles. The Morgan fingerprint density at radius 3 is 2.26 bits per heavy atom. The summed E-state index contributed by atoms with van der Waals surface area (Å²) in [6.45, 7) is 3.33. The summed E-state index contributed by atoms with van der Waals surface area (Å²) in [5.74, 6) is -0.424. The zero-order valence-corrected chi connectivity index (χ0v) is 16.3. The summed E-state index contributed by atoms with van der Waals surface area (Å²) in [7, 11) is -2.56. The molecule has 0 fully saturated rings. The van der Waals surface area contributed by atoms with Crippen molar-refractivity contribution >= 4 is 21.6 Å². The van der Waals surface area contributed by atoms with E-state index >= 15 is 0 Å². The van der Waals surface area contributed by atoms with E-state index in [1.54, 1.807) is 0 Å². The number of sulfonamides is 1. The Morgan fingerprint density at radius 2 is 1.74 bits per heavy atom. The lowest BCUT2D eigenvalue weighted by molar-refractivity contribution is -0.120. The van der Waals surface area contributed by atoms with Gasteiger partial charge in [-0.3, -0.25) is 9.10 Å². The number of carbonyl (C=O) groups is 1. The first kappa shape index (κ1) is 20.7. The van der Waals surface area contributed by atoms with Crippen molar-refractivity contribution in [3.05, 3.63) is 54.3 Å². The van der Waals surface area contributed by atoms with Gasteiger partial charge in [-0.1, -0.05) is 6.92 Å². The molecule has 1 atom stereocenters. The van der Waals surface area contributed by atoms with Gasteiger partial charge in [0.2, 0.25) is 5.91 Å². The summed E-state index contributed by atoms with van der Waals surface area (Å²) < 4.78 is 45.5. The molecule has 2 rings (SSSR count). The minimum Gasteiger partial charge on any atom is -0.497 e. The molecular formula is C19H23FN2O4S. The Hall–Kier alpha value is -2.61. The highest BCUT2D eigenvalue weighted by molar-refractivity contribution is 7.92. The third-order valence-electron chi connectivity index (χ3n) is 4.07. The smallest absolute Gasteiger partial charge is 0.264 e. The predicted octanol–water partition coefficient (Wildman–Crippen LogP) is 2.94. The zero-order chi connectivity index (χ0) is 20.0. The highest BCUT2D eigenvalue weighted by atomic mass is 32.2. The van der Waals surface area contributed by atoms with Crippen molar-refractivity contribution in [2.24, 2.45) is 0 Å². The van der Waals surface area contributed by atoms with Gasteiger partial charge in [0.05, 0.1) is 17.7 Å². The molecule has 0 aromatic heterocycles. The SMILES string of the molecule is CC[C@H](C)NC(=O)CN(c1ccc(F)cc1)S(=O)(=O)c1ccc(OC)cc1. The van der Waals surface area contributed by atoms with Crippen LogP contribution in [0, 0.1) is 5.82 Å². The number of anilines is 1. The summed E-state index contributed by atoms with van der Waals surface area (Å²) in [6, 6.07) is 10.7. The van der Waals surface area contributed by atoms with Crippen LogP contribution in [0.1, 0.15) is 20.3 Å². The van der Waals surface area contributed by atoms with E-state index in [0.717, 1.165) is 16.4 Å². The van der Waals surface area contributed by atoms with E-state index in [1.807, 2.05) is 13.8 Å². The fourth-order valence-corrected chi connectivity index (χ4v) is 3.77. The fraction of sp³-hybridized carbons (Fsp3) is 0.316. The van der Waals surface area contributed by atoms with Crippen LogP contribution in [0.5, 0.6) is 5.75 Å². The molecule has 2 aromatic rings. The van der Waals surface area contributed by atoms with E-state index in [2.05, 4.69) is 5.32 Å².